The van der Waals surface area contributed by atoms with Gasteiger partial charge in [0.2, 0.25) is 14.7 Å². The van der Waals surface area contributed by atoms with E-state index in [1.165, 1.54) is 0 Å². The van der Waals surface area contributed by atoms with Gasteiger partial charge >= 0.3 is 0 Å². The third-order valence-corrected chi connectivity index (χ3v) is 9.57. The van der Waals surface area contributed by atoms with E-state index in [2.05, 4.69) is 0 Å². The molecule has 0 saturated heterocycles. The van der Waals surface area contributed by atoms with Crippen molar-refractivity contribution in [3.63, 3.8) is 0 Å². The van der Waals surface area contributed by atoms with E-state index in [-0.39, 0.29) is 19.3 Å². The predicted octanol–water partition coefficient (Wildman–Crippen LogP) is 2.09. The van der Waals surface area contributed by atoms with E-state index < -0.39 is 41.9 Å². The lowest BCUT2D eigenvalue weighted by atomic mass is 10.1. The summed E-state index contributed by atoms with van der Waals surface area (Å²) in [5, 5.41) is 17.9. The van der Waals surface area contributed by atoms with Gasteiger partial charge in [0.05, 0.1) is 18.5 Å². The number of rotatable bonds is 17. The lowest BCUT2D eigenvalue weighted by Crippen LogP contribution is -2.23. The van der Waals surface area contributed by atoms with Crippen LogP contribution in [0.4, 0.5) is 0 Å². The second kappa shape index (κ2) is 13.6. The molecule has 0 aromatic carbocycles. The van der Waals surface area contributed by atoms with E-state index in [1.807, 2.05) is 0 Å². The number of carbonyl (C=O) groups excluding carboxylic acids is 2. The van der Waals surface area contributed by atoms with Crippen LogP contribution in [0.25, 0.3) is 0 Å². The second-order valence-electron chi connectivity index (χ2n) is 6.40. The molecule has 0 radical (unpaired) electrons. The van der Waals surface area contributed by atoms with E-state index in [0.717, 1.165) is 44.9 Å². The topological polar surface area (TPSA) is 149 Å². The zero-order chi connectivity index (χ0) is 20.1. The molecule has 0 bridgehead atoms. The first-order chi connectivity index (χ1) is 12.2. The summed E-state index contributed by atoms with van der Waals surface area (Å²) in [4.78, 5) is 21.1. The lowest BCUT2D eigenvalue weighted by Gasteiger charge is -2.29. The summed E-state index contributed by atoms with van der Waals surface area (Å²) in [6.07, 6.45) is 7.63. The summed E-state index contributed by atoms with van der Waals surface area (Å²) in [6.45, 7) is -0.196. The molecule has 0 spiro atoms. The van der Waals surface area contributed by atoms with Crippen LogP contribution in [0.3, 0.4) is 0 Å². The molecule has 26 heavy (non-hydrogen) atoms. The average Bonchev–Trinajstić information content (AvgIpc) is 2.58. The van der Waals surface area contributed by atoms with Gasteiger partial charge in [-0.2, -0.15) is 0 Å². The van der Waals surface area contributed by atoms with Crippen LogP contribution in [0, 0.1) is 0 Å². The van der Waals surface area contributed by atoms with Gasteiger partial charge in [-0.05, 0) is 12.8 Å². The highest BCUT2D eigenvalue weighted by Gasteiger charge is 2.31. The van der Waals surface area contributed by atoms with Gasteiger partial charge in [-0.3, -0.25) is 18.7 Å². The number of ketones is 1. The third kappa shape index (κ3) is 11.2. The van der Waals surface area contributed by atoms with Gasteiger partial charge < -0.3 is 10.2 Å². The summed E-state index contributed by atoms with van der Waals surface area (Å²) < 4.78 is 42.8. The molecule has 8 nitrogen and oxygen atoms in total. The fourth-order valence-electron chi connectivity index (χ4n) is 2.43. The summed E-state index contributed by atoms with van der Waals surface area (Å²) in [5.74, 6) is -2.61. The smallest absolute Gasteiger partial charge is 0.247 e. The Balaban J connectivity index is 3.74. The number of hydrogen-bond donors (Lipinski definition) is 4. The fraction of sp³-hybridized carbons (Fsp3) is 0.875. The molecule has 4 N–H and O–H groups in total. The van der Waals surface area contributed by atoms with Gasteiger partial charge in [0, 0.05) is 0 Å². The van der Waals surface area contributed by atoms with Crippen molar-refractivity contribution >= 4 is 30.6 Å². The van der Waals surface area contributed by atoms with Crippen molar-refractivity contribution in [3.8, 4) is 0 Å². The van der Waals surface area contributed by atoms with Crippen LogP contribution in [-0.2, 0) is 18.5 Å². The van der Waals surface area contributed by atoms with Crippen LogP contribution in [0.1, 0.15) is 64.2 Å². The monoisotopic (exact) mass is 416 g/mol. The highest BCUT2D eigenvalue weighted by atomic mass is 33.2. The first kappa shape index (κ1) is 25.5. The van der Waals surface area contributed by atoms with Gasteiger partial charge in [-0.1, -0.05) is 61.0 Å². The Morgan fingerprint density at radius 1 is 0.885 bits per heavy atom. The van der Waals surface area contributed by atoms with Crippen molar-refractivity contribution in [1.29, 1.82) is 0 Å². The van der Waals surface area contributed by atoms with Crippen molar-refractivity contribution in [3.05, 3.63) is 0 Å². The minimum atomic E-state index is -4.21. The SMILES string of the molecule is O=CC(=O)CS(O)(O)S(=O)(=O)CCCCCCCCCCCC(O)CO. The first-order valence-electron chi connectivity index (χ1n) is 8.92. The maximum Gasteiger partial charge on any atom is 0.247 e. The molecule has 0 saturated carbocycles. The van der Waals surface area contributed by atoms with Crippen LogP contribution in [0.5, 0.6) is 0 Å². The van der Waals surface area contributed by atoms with E-state index in [1.54, 1.807) is 0 Å². The molecule has 0 fully saturated rings. The molecule has 0 aliphatic heterocycles. The van der Waals surface area contributed by atoms with Crippen molar-refractivity contribution in [2.24, 2.45) is 0 Å². The maximum absolute atomic E-state index is 11.8. The van der Waals surface area contributed by atoms with Gasteiger partial charge in [0.1, 0.15) is 5.75 Å². The van der Waals surface area contributed by atoms with Gasteiger partial charge in [0.25, 0.3) is 0 Å². The summed E-state index contributed by atoms with van der Waals surface area (Å²) in [5.41, 5.74) is 0. The Bertz CT molecular complexity index is 504. The maximum atomic E-state index is 11.8. The molecular formula is C16H32O8S2. The lowest BCUT2D eigenvalue weighted by molar-refractivity contribution is -0.128. The second-order valence-corrected chi connectivity index (χ2v) is 12.6. The molecule has 0 aromatic rings. The number of unbranched alkanes of at least 4 members (excludes halogenated alkanes) is 8. The molecule has 0 aliphatic rings. The highest BCUT2D eigenvalue weighted by molar-refractivity contribution is 8.85. The van der Waals surface area contributed by atoms with Crippen LogP contribution >= 0.6 is 9.62 Å². The average molecular weight is 417 g/mol. The van der Waals surface area contributed by atoms with Crippen LogP contribution < -0.4 is 0 Å². The molecule has 1 atom stereocenters. The third-order valence-electron chi connectivity index (χ3n) is 4.01. The van der Waals surface area contributed by atoms with E-state index >= 15 is 0 Å². The summed E-state index contributed by atoms with van der Waals surface area (Å²) in [6, 6.07) is 0. The number of aldehydes is 1. The molecule has 0 heterocycles. The fourth-order valence-corrected chi connectivity index (χ4v) is 5.91. The normalized spacial score (nSPS) is 14.2. The molecule has 1 unspecified atom stereocenters. The van der Waals surface area contributed by atoms with Crippen molar-refractivity contribution in [2.45, 2.75) is 70.3 Å². The quantitative estimate of drug-likeness (QED) is 0.122. The number of carbonyl (C=O) groups is 2. The molecule has 0 aromatic heterocycles. The highest BCUT2D eigenvalue weighted by Crippen LogP contribution is 2.46. The van der Waals surface area contributed by atoms with Crippen LogP contribution in [0.15, 0.2) is 0 Å². The standard InChI is InChI=1S/C16H32O8S2/c17-12-15(19)10-8-6-4-2-1-3-5-7-9-11-25(21,22)26(23,24)14-16(20)13-18/h13,15,17,19,23-24H,1-12,14H2. The van der Waals surface area contributed by atoms with Gasteiger partial charge in [-0.15, -0.1) is 0 Å². The molecule has 0 amide bonds. The van der Waals surface area contributed by atoms with Crippen molar-refractivity contribution in [2.75, 3.05) is 18.1 Å². The molecule has 0 rings (SSSR count). The minimum absolute atomic E-state index is 0.113. The Morgan fingerprint density at radius 2 is 1.35 bits per heavy atom. The number of Topliss-reactive ketones (excluding diaryl/α,β-unsaturated/α-hetero) is 1. The van der Waals surface area contributed by atoms with Gasteiger partial charge in [0.15, 0.2) is 6.29 Å². The van der Waals surface area contributed by atoms with E-state index in [4.69, 9.17) is 5.11 Å². The van der Waals surface area contributed by atoms with Crippen molar-refractivity contribution < 1.29 is 37.3 Å². The molecule has 0 aliphatic carbocycles. The number of aliphatic hydroxyl groups is 2. The Hall–Kier alpha value is -0.520. The number of hydrogen-bond acceptors (Lipinski definition) is 8. The Morgan fingerprint density at radius 3 is 1.81 bits per heavy atom. The Labute approximate surface area is 156 Å². The first-order valence-corrected chi connectivity index (χ1v) is 12.8. The summed E-state index contributed by atoms with van der Waals surface area (Å²) in [7, 11) is -8.34. The van der Waals surface area contributed by atoms with Crippen LogP contribution in [-0.4, -0.2) is 64.0 Å². The zero-order valence-electron chi connectivity index (χ0n) is 15.1. The largest absolute Gasteiger partial charge is 0.394 e. The number of aliphatic hydroxyl groups excluding tert-OH is 2. The molecule has 156 valence electrons. The van der Waals surface area contributed by atoms with E-state index in [0.29, 0.717) is 12.8 Å². The van der Waals surface area contributed by atoms with Crippen molar-refractivity contribution in [1.82, 2.24) is 0 Å². The minimum Gasteiger partial charge on any atom is -0.394 e. The van der Waals surface area contributed by atoms with Crippen LogP contribution in [0.2, 0.25) is 0 Å². The molecular weight excluding hydrogens is 384 g/mol. The zero-order valence-corrected chi connectivity index (χ0v) is 16.7. The van der Waals surface area contributed by atoms with E-state index in [9.17, 15) is 32.2 Å². The molecule has 10 heteroatoms. The Kier molecular flexibility index (Phi) is 13.3. The summed E-state index contributed by atoms with van der Waals surface area (Å²) >= 11 is 0. The predicted molar refractivity (Wildman–Crippen MR) is 102 cm³/mol. The van der Waals surface area contributed by atoms with Gasteiger partial charge in [-0.25, -0.2) is 8.42 Å².